The second-order valence-electron chi connectivity index (χ2n) is 4.69. The lowest BCUT2D eigenvalue weighted by molar-refractivity contribution is -0.119. The molecule has 0 radical (unpaired) electrons. The Morgan fingerprint density at radius 3 is 2.67 bits per heavy atom. The van der Waals surface area contributed by atoms with Crippen molar-refractivity contribution in [1.29, 1.82) is 0 Å². The number of nitrogens with one attached hydrogen (secondary N) is 2. The molecule has 1 fully saturated rings. The van der Waals surface area contributed by atoms with E-state index >= 15 is 0 Å². The Kier molecular flexibility index (Phi) is 2.84. The molecule has 0 aliphatic carbocycles. The molecule has 1 aromatic carbocycles. The van der Waals surface area contributed by atoms with Crippen molar-refractivity contribution >= 4 is 5.91 Å². The maximum absolute atomic E-state index is 11.4. The Bertz CT molecular complexity index is 521. The Morgan fingerprint density at radius 1 is 1.22 bits per heavy atom. The zero-order chi connectivity index (χ0) is 12.4. The molecule has 3 rings (SSSR count). The van der Waals surface area contributed by atoms with Crippen LogP contribution >= 0.6 is 0 Å². The lowest BCUT2D eigenvalue weighted by Gasteiger charge is -2.21. The number of rotatable bonds is 3. The first-order valence-electron chi connectivity index (χ1n) is 6.15. The average molecular weight is 241 g/mol. The molecule has 18 heavy (non-hydrogen) atoms. The van der Waals surface area contributed by atoms with Gasteiger partial charge in [0.25, 0.3) is 0 Å². The molecule has 2 N–H and O–H groups in total. The molecule has 2 heterocycles. The minimum atomic E-state index is 0.143. The minimum Gasteiger partial charge on any atom is -0.356 e. The fourth-order valence-electron chi connectivity index (χ4n) is 2.69. The van der Waals surface area contributed by atoms with Gasteiger partial charge >= 0.3 is 0 Å². The van der Waals surface area contributed by atoms with E-state index in [0.717, 1.165) is 12.1 Å². The Labute approximate surface area is 105 Å². The van der Waals surface area contributed by atoms with Crippen LogP contribution in [-0.2, 0) is 4.79 Å². The molecule has 0 saturated carbocycles. The van der Waals surface area contributed by atoms with E-state index in [1.807, 2.05) is 30.6 Å². The third-order valence-electron chi connectivity index (χ3n) is 3.52. The van der Waals surface area contributed by atoms with E-state index in [2.05, 4.69) is 27.6 Å². The van der Waals surface area contributed by atoms with Crippen LogP contribution in [-0.4, -0.2) is 22.6 Å². The monoisotopic (exact) mass is 241 g/mol. The zero-order valence-corrected chi connectivity index (χ0v) is 9.97. The molecule has 1 saturated heterocycles. The second-order valence-corrected chi connectivity index (χ2v) is 4.69. The SMILES string of the molecule is O=C1CC(C(c2ccccc2)c2cn[nH]c2)CN1. The average Bonchev–Trinajstić information content (AvgIpc) is 3.04. The molecular formula is C14H15N3O. The van der Waals surface area contributed by atoms with Crippen molar-refractivity contribution in [2.45, 2.75) is 12.3 Å². The van der Waals surface area contributed by atoms with Gasteiger partial charge in [0.15, 0.2) is 0 Å². The van der Waals surface area contributed by atoms with E-state index in [-0.39, 0.29) is 11.8 Å². The first kappa shape index (κ1) is 11.0. The van der Waals surface area contributed by atoms with Gasteiger partial charge in [-0.2, -0.15) is 5.10 Å². The summed E-state index contributed by atoms with van der Waals surface area (Å²) < 4.78 is 0. The van der Waals surface area contributed by atoms with Crippen LogP contribution in [0, 0.1) is 5.92 Å². The summed E-state index contributed by atoms with van der Waals surface area (Å²) in [5.74, 6) is 0.672. The molecule has 92 valence electrons. The van der Waals surface area contributed by atoms with Crippen molar-refractivity contribution in [1.82, 2.24) is 15.5 Å². The van der Waals surface area contributed by atoms with Gasteiger partial charge in [0, 0.05) is 25.1 Å². The van der Waals surface area contributed by atoms with Crippen LogP contribution in [0.1, 0.15) is 23.5 Å². The summed E-state index contributed by atoms with van der Waals surface area (Å²) in [4.78, 5) is 11.4. The van der Waals surface area contributed by atoms with Gasteiger partial charge in [-0.15, -0.1) is 0 Å². The van der Waals surface area contributed by atoms with Crippen LogP contribution in [0.5, 0.6) is 0 Å². The number of aromatic amines is 1. The number of aromatic nitrogens is 2. The highest BCUT2D eigenvalue weighted by Crippen LogP contribution is 2.34. The molecule has 1 amide bonds. The van der Waals surface area contributed by atoms with Gasteiger partial charge in [-0.05, 0) is 17.0 Å². The zero-order valence-electron chi connectivity index (χ0n) is 9.97. The van der Waals surface area contributed by atoms with E-state index in [4.69, 9.17) is 0 Å². The maximum Gasteiger partial charge on any atom is 0.220 e. The molecule has 2 aromatic rings. The predicted octanol–water partition coefficient (Wildman–Crippen LogP) is 1.68. The van der Waals surface area contributed by atoms with Gasteiger partial charge in [-0.3, -0.25) is 9.89 Å². The van der Waals surface area contributed by atoms with E-state index in [1.54, 1.807) is 0 Å². The third kappa shape index (κ3) is 2.01. The van der Waals surface area contributed by atoms with Crippen molar-refractivity contribution < 1.29 is 4.79 Å². The van der Waals surface area contributed by atoms with Crippen molar-refractivity contribution in [2.75, 3.05) is 6.54 Å². The van der Waals surface area contributed by atoms with Crippen molar-refractivity contribution in [3.8, 4) is 0 Å². The van der Waals surface area contributed by atoms with Gasteiger partial charge < -0.3 is 5.32 Å². The number of H-pyrrole nitrogens is 1. The molecule has 2 atom stereocenters. The lowest BCUT2D eigenvalue weighted by Crippen LogP contribution is -2.18. The fourth-order valence-corrected chi connectivity index (χ4v) is 2.69. The van der Waals surface area contributed by atoms with E-state index < -0.39 is 0 Å². The number of benzene rings is 1. The molecule has 1 aliphatic heterocycles. The summed E-state index contributed by atoms with van der Waals surface area (Å²) in [5, 5.41) is 9.80. The van der Waals surface area contributed by atoms with Crippen LogP contribution in [0.25, 0.3) is 0 Å². The molecule has 1 aromatic heterocycles. The largest absolute Gasteiger partial charge is 0.356 e. The van der Waals surface area contributed by atoms with Crippen LogP contribution in [0.2, 0.25) is 0 Å². The normalized spacial score (nSPS) is 20.7. The van der Waals surface area contributed by atoms with Gasteiger partial charge in [0.1, 0.15) is 0 Å². The molecule has 4 heteroatoms. The quantitative estimate of drug-likeness (QED) is 0.859. The van der Waals surface area contributed by atoms with E-state index in [1.165, 1.54) is 5.56 Å². The maximum atomic E-state index is 11.4. The summed E-state index contributed by atoms with van der Waals surface area (Å²) in [6, 6.07) is 10.3. The molecule has 0 spiro atoms. The van der Waals surface area contributed by atoms with Gasteiger partial charge in [0.2, 0.25) is 5.91 Å². The van der Waals surface area contributed by atoms with Crippen LogP contribution < -0.4 is 5.32 Å². The Balaban J connectivity index is 1.97. The van der Waals surface area contributed by atoms with Crippen LogP contribution in [0.3, 0.4) is 0 Å². The van der Waals surface area contributed by atoms with E-state index in [9.17, 15) is 4.79 Å². The smallest absolute Gasteiger partial charge is 0.220 e. The van der Waals surface area contributed by atoms with Crippen LogP contribution in [0.15, 0.2) is 42.7 Å². The summed E-state index contributed by atoms with van der Waals surface area (Å²) in [5.41, 5.74) is 2.38. The molecular weight excluding hydrogens is 226 g/mol. The molecule has 0 bridgehead atoms. The van der Waals surface area contributed by atoms with Crippen LogP contribution in [0.4, 0.5) is 0 Å². The minimum absolute atomic E-state index is 0.143. The number of hydrogen-bond donors (Lipinski definition) is 2. The number of amides is 1. The summed E-state index contributed by atoms with van der Waals surface area (Å²) >= 11 is 0. The summed E-state index contributed by atoms with van der Waals surface area (Å²) in [7, 11) is 0. The number of hydrogen-bond acceptors (Lipinski definition) is 2. The number of carbonyl (C=O) groups excluding carboxylic acids is 1. The Hall–Kier alpha value is -2.10. The summed E-state index contributed by atoms with van der Waals surface area (Å²) in [6.07, 6.45) is 4.35. The van der Waals surface area contributed by atoms with Gasteiger partial charge in [-0.25, -0.2) is 0 Å². The Morgan fingerprint density at radius 2 is 2.06 bits per heavy atom. The highest BCUT2D eigenvalue weighted by atomic mass is 16.1. The highest BCUT2D eigenvalue weighted by Gasteiger charge is 2.31. The fraction of sp³-hybridized carbons (Fsp3) is 0.286. The highest BCUT2D eigenvalue weighted by molar-refractivity contribution is 5.78. The predicted molar refractivity (Wildman–Crippen MR) is 68.0 cm³/mol. The van der Waals surface area contributed by atoms with Crippen molar-refractivity contribution in [2.24, 2.45) is 5.92 Å². The standard InChI is InChI=1S/C14H15N3O/c18-13-6-11(7-15-13)14(12-8-16-17-9-12)10-4-2-1-3-5-10/h1-5,8-9,11,14H,6-7H2,(H,15,18)(H,16,17). The number of carbonyl (C=O) groups is 1. The first-order chi connectivity index (χ1) is 8.84. The van der Waals surface area contributed by atoms with Gasteiger partial charge in [-0.1, -0.05) is 30.3 Å². The van der Waals surface area contributed by atoms with E-state index in [0.29, 0.717) is 12.3 Å². The number of nitrogens with zero attached hydrogens (tertiary/aromatic N) is 1. The van der Waals surface area contributed by atoms with Crippen molar-refractivity contribution in [3.63, 3.8) is 0 Å². The third-order valence-corrected chi connectivity index (χ3v) is 3.52. The first-order valence-corrected chi connectivity index (χ1v) is 6.15. The summed E-state index contributed by atoms with van der Waals surface area (Å²) in [6.45, 7) is 0.740. The molecule has 4 nitrogen and oxygen atoms in total. The second kappa shape index (κ2) is 4.64. The lowest BCUT2D eigenvalue weighted by atomic mass is 9.81. The van der Waals surface area contributed by atoms with Crippen molar-refractivity contribution in [3.05, 3.63) is 53.9 Å². The van der Waals surface area contributed by atoms with Gasteiger partial charge in [0.05, 0.1) is 6.20 Å². The topological polar surface area (TPSA) is 57.8 Å². The molecule has 2 unspecified atom stereocenters. The molecule has 1 aliphatic rings.